The standard InChI is InChI=1S/C12H19Cl2N5/c1-8(15)18-19(16)12(5-6-17-2)10-4-3-9(13)7-11(10)14/h3-4,7,12,17H,5-6,16H2,1-2H3,(H2,15,18). The molecule has 0 aliphatic carbocycles. The number of nitrogens with two attached hydrogens (primary N) is 2. The number of nitrogens with zero attached hydrogens (tertiary/aromatic N) is 2. The van der Waals surface area contributed by atoms with Gasteiger partial charge in [-0.25, -0.2) is 11.0 Å². The fourth-order valence-electron chi connectivity index (χ4n) is 1.73. The number of benzene rings is 1. The van der Waals surface area contributed by atoms with Gasteiger partial charge in [-0.1, -0.05) is 29.3 Å². The van der Waals surface area contributed by atoms with Gasteiger partial charge in [-0.15, -0.1) is 5.10 Å². The van der Waals surface area contributed by atoms with Gasteiger partial charge in [-0.05, 0) is 44.6 Å². The van der Waals surface area contributed by atoms with Crippen molar-refractivity contribution >= 4 is 29.0 Å². The van der Waals surface area contributed by atoms with E-state index in [0.29, 0.717) is 15.9 Å². The predicted molar refractivity (Wildman–Crippen MR) is 81.1 cm³/mol. The molecule has 1 atom stereocenters. The molecule has 1 aromatic rings. The summed E-state index contributed by atoms with van der Waals surface area (Å²) >= 11 is 12.1. The van der Waals surface area contributed by atoms with Crippen molar-refractivity contribution < 1.29 is 0 Å². The number of hydrazone groups is 1. The molecule has 0 amide bonds. The molecule has 0 aliphatic rings. The van der Waals surface area contributed by atoms with Gasteiger partial charge in [-0.2, -0.15) is 0 Å². The Labute approximate surface area is 123 Å². The average Bonchev–Trinajstić information content (AvgIpc) is 2.31. The van der Waals surface area contributed by atoms with E-state index in [9.17, 15) is 0 Å². The summed E-state index contributed by atoms with van der Waals surface area (Å²) in [6.07, 6.45) is 0.741. The van der Waals surface area contributed by atoms with Gasteiger partial charge in [-0.3, -0.25) is 0 Å². The third kappa shape index (κ3) is 4.87. The van der Waals surface area contributed by atoms with Crippen molar-refractivity contribution in [3.8, 4) is 0 Å². The largest absolute Gasteiger partial charge is 0.386 e. The van der Waals surface area contributed by atoms with Crippen LogP contribution in [0, 0.1) is 0 Å². The van der Waals surface area contributed by atoms with Gasteiger partial charge in [0, 0.05) is 10.0 Å². The minimum Gasteiger partial charge on any atom is -0.386 e. The number of nitrogens with one attached hydrogen (secondary N) is 1. The van der Waals surface area contributed by atoms with Gasteiger partial charge in [0.25, 0.3) is 0 Å². The first-order valence-corrected chi connectivity index (χ1v) is 6.65. The Morgan fingerprint density at radius 2 is 2.16 bits per heavy atom. The Bertz CT molecular complexity index is 446. The summed E-state index contributed by atoms with van der Waals surface area (Å²) in [7, 11) is 1.87. The molecule has 7 heteroatoms. The molecule has 1 aromatic carbocycles. The fraction of sp³-hybridized carbons (Fsp3) is 0.417. The van der Waals surface area contributed by atoms with Gasteiger partial charge in [0.2, 0.25) is 0 Å². The molecule has 5 N–H and O–H groups in total. The molecule has 1 rings (SSSR count). The molecule has 0 fully saturated rings. The zero-order valence-corrected chi connectivity index (χ0v) is 12.5. The maximum Gasteiger partial charge on any atom is 0.118 e. The average molecular weight is 304 g/mol. The Kier molecular flexibility index (Phi) is 6.37. The Morgan fingerprint density at radius 3 is 2.68 bits per heavy atom. The van der Waals surface area contributed by atoms with E-state index in [0.717, 1.165) is 18.5 Å². The Morgan fingerprint density at radius 1 is 1.47 bits per heavy atom. The molecule has 0 bridgehead atoms. The minimum atomic E-state index is -0.171. The van der Waals surface area contributed by atoms with Crippen molar-refractivity contribution in [2.75, 3.05) is 13.6 Å². The molecule has 0 saturated heterocycles. The van der Waals surface area contributed by atoms with Crippen LogP contribution in [-0.2, 0) is 0 Å². The fourth-order valence-corrected chi connectivity index (χ4v) is 2.27. The van der Waals surface area contributed by atoms with Crippen LogP contribution in [0.25, 0.3) is 0 Å². The van der Waals surface area contributed by atoms with E-state index in [1.54, 1.807) is 19.1 Å². The van der Waals surface area contributed by atoms with Crippen molar-refractivity contribution in [3.63, 3.8) is 0 Å². The van der Waals surface area contributed by atoms with Crippen LogP contribution in [0.3, 0.4) is 0 Å². The van der Waals surface area contributed by atoms with Crippen LogP contribution < -0.4 is 16.9 Å². The molecule has 0 heterocycles. The second-order valence-corrected chi connectivity index (χ2v) is 5.04. The minimum absolute atomic E-state index is 0.171. The van der Waals surface area contributed by atoms with E-state index < -0.39 is 0 Å². The SMILES string of the molecule is CNCCC(c1ccc(Cl)cc1Cl)N(N)/N=C(/C)N. The van der Waals surface area contributed by atoms with Crippen LogP contribution in [0.1, 0.15) is 24.9 Å². The van der Waals surface area contributed by atoms with E-state index in [1.807, 2.05) is 13.1 Å². The third-order valence-electron chi connectivity index (χ3n) is 2.58. The zero-order chi connectivity index (χ0) is 14.4. The number of rotatable bonds is 6. The van der Waals surface area contributed by atoms with Crippen molar-refractivity contribution in [3.05, 3.63) is 33.8 Å². The summed E-state index contributed by atoms with van der Waals surface area (Å²) in [6, 6.07) is 5.15. The summed E-state index contributed by atoms with van der Waals surface area (Å²) in [6.45, 7) is 2.45. The predicted octanol–water partition coefficient (Wildman–Crippen LogP) is 2.11. The summed E-state index contributed by atoms with van der Waals surface area (Å²) in [5.41, 5.74) is 6.43. The number of amidine groups is 1. The number of halogens is 2. The Hall–Kier alpha value is -1.01. The molecule has 0 aromatic heterocycles. The van der Waals surface area contributed by atoms with Crippen molar-refractivity contribution in [1.29, 1.82) is 0 Å². The van der Waals surface area contributed by atoms with Crippen LogP contribution in [0.5, 0.6) is 0 Å². The third-order valence-corrected chi connectivity index (χ3v) is 3.14. The lowest BCUT2D eigenvalue weighted by atomic mass is 10.0. The summed E-state index contributed by atoms with van der Waals surface area (Å²) in [5.74, 6) is 6.34. The van der Waals surface area contributed by atoms with Gasteiger partial charge in [0.15, 0.2) is 0 Å². The summed E-state index contributed by atoms with van der Waals surface area (Å²) in [4.78, 5) is 0. The quantitative estimate of drug-likeness (QED) is 0.325. The summed E-state index contributed by atoms with van der Waals surface area (Å²) < 4.78 is 0. The van der Waals surface area contributed by atoms with Gasteiger partial charge in [0.05, 0.1) is 6.04 Å². The molecule has 0 aliphatic heterocycles. The topological polar surface area (TPSA) is 79.7 Å². The van der Waals surface area contributed by atoms with E-state index >= 15 is 0 Å². The van der Waals surface area contributed by atoms with Crippen LogP contribution in [0.2, 0.25) is 10.0 Å². The van der Waals surface area contributed by atoms with Crippen LogP contribution in [0.15, 0.2) is 23.3 Å². The van der Waals surface area contributed by atoms with E-state index in [2.05, 4.69) is 10.4 Å². The van der Waals surface area contributed by atoms with E-state index in [4.69, 9.17) is 34.8 Å². The highest BCUT2D eigenvalue weighted by molar-refractivity contribution is 6.35. The molecule has 106 valence electrons. The highest BCUT2D eigenvalue weighted by Gasteiger charge is 2.19. The lowest BCUT2D eigenvalue weighted by molar-refractivity contribution is 0.200. The summed E-state index contributed by atoms with van der Waals surface area (Å²) in [5, 5.41) is 9.62. The second-order valence-electron chi connectivity index (χ2n) is 4.20. The van der Waals surface area contributed by atoms with Gasteiger partial charge in [0.1, 0.15) is 5.84 Å². The lowest BCUT2D eigenvalue weighted by Crippen LogP contribution is -2.34. The number of hydrazine groups is 1. The van der Waals surface area contributed by atoms with Crippen molar-refractivity contribution in [2.24, 2.45) is 16.7 Å². The Balaban J connectivity index is 3.04. The monoisotopic (exact) mass is 303 g/mol. The lowest BCUT2D eigenvalue weighted by Gasteiger charge is -2.26. The second kappa shape index (κ2) is 7.55. The zero-order valence-electron chi connectivity index (χ0n) is 11.0. The van der Waals surface area contributed by atoms with Crippen LogP contribution >= 0.6 is 23.2 Å². The molecule has 1 unspecified atom stereocenters. The highest BCUT2D eigenvalue weighted by atomic mass is 35.5. The number of hydrogen-bond donors (Lipinski definition) is 3. The van der Waals surface area contributed by atoms with Crippen molar-refractivity contribution in [2.45, 2.75) is 19.4 Å². The van der Waals surface area contributed by atoms with Gasteiger partial charge >= 0.3 is 0 Å². The normalized spacial score (nSPS) is 13.4. The smallest absolute Gasteiger partial charge is 0.118 e. The van der Waals surface area contributed by atoms with Crippen LogP contribution in [-0.4, -0.2) is 24.5 Å². The maximum absolute atomic E-state index is 6.22. The first-order valence-electron chi connectivity index (χ1n) is 5.90. The van der Waals surface area contributed by atoms with Gasteiger partial charge < -0.3 is 11.1 Å². The van der Waals surface area contributed by atoms with Crippen molar-refractivity contribution in [1.82, 2.24) is 10.4 Å². The van der Waals surface area contributed by atoms with E-state index in [-0.39, 0.29) is 6.04 Å². The molecular formula is C12H19Cl2N5. The number of hydrogen-bond acceptors (Lipinski definition) is 4. The molecule has 0 saturated carbocycles. The maximum atomic E-state index is 6.22. The molecule has 0 radical (unpaired) electrons. The molecule has 5 nitrogen and oxygen atoms in total. The molecule has 0 spiro atoms. The first kappa shape index (κ1) is 16.0. The molecule has 19 heavy (non-hydrogen) atoms. The van der Waals surface area contributed by atoms with E-state index in [1.165, 1.54) is 5.12 Å². The highest BCUT2D eigenvalue weighted by Crippen LogP contribution is 2.30. The first-order chi connectivity index (χ1) is 8.95. The van der Waals surface area contributed by atoms with Crippen LogP contribution in [0.4, 0.5) is 0 Å². The molecular weight excluding hydrogens is 285 g/mol.